The van der Waals surface area contributed by atoms with Crippen LogP contribution in [0.1, 0.15) is 0 Å². The predicted octanol–water partition coefficient (Wildman–Crippen LogP) is 0.497. The van der Waals surface area contributed by atoms with Gasteiger partial charge >= 0.3 is 5.66 Å². The second-order valence-corrected chi connectivity index (χ2v) is 2.63. The molecule has 8 nitrogen and oxygen atoms in total. The topological polar surface area (TPSA) is 116 Å². The zero-order valence-electron chi connectivity index (χ0n) is 6.77. The van der Waals surface area contributed by atoms with Crippen LogP contribution in [0.3, 0.4) is 0 Å². The van der Waals surface area contributed by atoms with Crippen LogP contribution in [-0.2, 0) is 0 Å². The van der Waals surface area contributed by atoms with Gasteiger partial charge < -0.3 is 0 Å². The Kier molecular flexibility index (Phi) is 2.36. The molecule has 1 aliphatic rings. The highest BCUT2D eigenvalue weighted by Gasteiger charge is 2.42. The van der Waals surface area contributed by atoms with Crippen LogP contribution in [0.5, 0.6) is 0 Å². The van der Waals surface area contributed by atoms with Crippen LogP contribution in [-0.4, -0.2) is 21.6 Å². The number of hydrogen-bond donors (Lipinski definition) is 0. The van der Waals surface area contributed by atoms with Crippen molar-refractivity contribution in [1.82, 2.24) is 0 Å². The van der Waals surface area contributed by atoms with Crippen molar-refractivity contribution in [1.29, 1.82) is 0 Å². The molecule has 0 radical (unpaired) electrons. The summed E-state index contributed by atoms with van der Waals surface area (Å²) in [4.78, 5) is 29.4. The number of nitroso groups, excluding NO2 is 1. The quantitative estimate of drug-likeness (QED) is 0.284. The summed E-state index contributed by atoms with van der Waals surface area (Å²) in [5.41, 5.74) is -2.19. The number of nitrogens with zero attached hydrogens (tertiary/aromatic N) is 3. The molecule has 0 fully saturated rings. The van der Waals surface area contributed by atoms with E-state index in [0.717, 1.165) is 24.3 Å². The van der Waals surface area contributed by atoms with Gasteiger partial charge in [-0.25, -0.2) is 0 Å². The van der Waals surface area contributed by atoms with Crippen molar-refractivity contribution in [2.75, 3.05) is 0 Å². The molecule has 0 amide bonds. The van der Waals surface area contributed by atoms with Crippen LogP contribution in [0, 0.1) is 25.1 Å². The SMILES string of the molecule is O=NC1([N+](=O)[O-])C=CC([N+](=O)[O-])C=C1. The van der Waals surface area contributed by atoms with Gasteiger partial charge in [-0.15, -0.1) is 4.91 Å². The Hall–Kier alpha value is -2.12. The van der Waals surface area contributed by atoms with Crippen LogP contribution in [0.15, 0.2) is 29.5 Å². The van der Waals surface area contributed by atoms with Crippen LogP contribution in [0.25, 0.3) is 0 Å². The molecule has 0 aromatic rings. The second-order valence-electron chi connectivity index (χ2n) is 2.63. The van der Waals surface area contributed by atoms with E-state index < -0.39 is 21.6 Å². The second kappa shape index (κ2) is 3.32. The molecular formula is C6H5N3O5. The van der Waals surface area contributed by atoms with E-state index in [-0.39, 0.29) is 0 Å². The largest absolute Gasteiger partial charge is 0.386 e. The third-order valence-electron chi connectivity index (χ3n) is 1.76. The Labute approximate surface area is 77.2 Å². The van der Waals surface area contributed by atoms with Gasteiger partial charge in [0.1, 0.15) is 0 Å². The third-order valence-corrected chi connectivity index (χ3v) is 1.76. The Morgan fingerprint density at radius 1 is 1.21 bits per heavy atom. The molecule has 0 atom stereocenters. The van der Waals surface area contributed by atoms with Gasteiger partial charge in [0, 0.05) is 22.3 Å². The van der Waals surface area contributed by atoms with Crippen molar-refractivity contribution in [3.63, 3.8) is 0 Å². The lowest BCUT2D eigenvalue weighted by Crippen LogP contribution is -2.34. The molecule has 0 saturated heterocycles. The van der Waals surface area contributed by atoms with Crippen molar-refractivity contribution in [2.24, 2.45) is 5.18 Å². The average molecular weight is 199 g/mol. The summed E-state index contributed by atoms with van der Waals surface area (Å²) in [6, 6.07) is -1.13. The number of rotatable bonds is 3. The first-order valence-electron chi connectivity index (χ1n) is 3.53. The first-order chi connectivity index (χ1) is 6.52. The van der Waals surface area contributed by atoms with Gasteiger partial charge in [-0.1, -0.05) is 0 Å². The number of hydrogen-bond acceptors (Lipinski definition) is 6. The lowest BCUT2D eigenvalue weighted by atomic mass is 10.0. The molecular weight excluding hydrogens is 194 g/mol. The zero-order valence-corrected chi connectivity index (χ0v) is 6.77. The van der Waals surface area contributed by atoms with Crippen LogP contribution >= 0.6 is 0 Å². The van der Waals surface area contributed by atoms with Crippen molar-refractivity contribution >= 4 is 0 Å². The smallest absolute Gasteiger partial charge is 0.264 e. The van der Waals surface area contributed by atoms with E-state index in [1.54, 1.807) is 0 Å². The summed E-state index contributed by atoms with van der Waals surface area (Å²) in [5.74, 6) is 0. The molecule has 1 aliphatic carbocycles. The van der Waals surface area contributed by atoms with E-state index in [0.29, 0.717) is 0 Å². The highest BCUT2D eigenvalue weighted by molar-refractivity contribution is 5.22. The Bertz CT molecular complexity index is 333. The molecule has 0 heterocycles. The third kappa shape index (κ3) is 1.49. The maximum absolute atomic E-state index is 10.4. The fourth-order valence-corrected chi connectivity index (χ4v) is 0.957. The van der Waals surface area contributed by atoms with Crippen molar-refractivity contribution < 1.29 is 9.85 Å². The fourth-order valence-electron chi connectivity index (χ4n) is 0.957. The Morgan fingerprint density at radius 2 is 1.71 bits per heavy atom. The molecule has 74 valence electrons. The van der Waals surface area contributed by atoms with Gasteiger partial charge in [0.25, 0.3) is 0 Å². The summed E-state index contributed by atoms with van der Waals surface area (Å²) in [6.45, 7) is 0. The molecule has 0 bridgehead atoms. The van der Waals surface area contributed by atoms with Crippen LogP contribution in [0.2, 0.25) is 0 Å². The van der Waals surface area contributed by atoms with E-state index in [1.165, 1.54) is 0 Å². The van der Waals surface area contributed by atoms with Gasteiger partial charge in [-0.2, -0.15) is 0 Å². The molecule has 0 N–H and O–H groups in total. The van der Waals surface area contributed by atoms with Crippen molar-refractivity contribution in [2.45, 2.75) is 11.7 Å². The minimum absolute atomic E-state index is 0.637. The van der Waals surface area contributed by atoms with Gasteiger partial charge in [-0.05, 0) is 12.2 Å². The molecule has 0 unspecified atom stereocenters. The molecule has 0 saturated carbocycles. The molecule has 0 aromatic carbocycles. The summed E-state index contributed by atoms with van der Waals surface area (Å²) >= 11 is 0. The van der Waals surface area contributed by atoms with Crippen LogP contribution in [0.4, 0.5) is 0 Å². The fraction of sp³-hybridized carbons (Fsp3) is 0.333. The summed E-state index contributed by atoms with van der Waals surface area (Å²) in [6.07, 6.45) is 3.55. The highest BCUT2D eigenvalue weighted by atomic mass is 16.6. The first-order valence-corrected chi connectivity index (χ1v) is 3.53. The van der Waals surface area contributed by atoms with E-state index in [4.69, 9.17) is 0 Å². The van der Waals surface area contributed by atoms with Crippen molar-refractivity contribution in [3.8, 4) is 0 Å². The normalized spacial score (nSPS) is 29.9. The molecule has 0 spiro atoms. The van der Waals surface area contributed by atoms with E-state index in [2.05, 4.69) is 5.18 Å². The van der Waals surface area contributed by atoms with Gasteiger partial charge in [0.05, 0.1) is 4.92 Å². The summed E-state index contributed by atoms with van der Waals surface area (Å²) < 4.78 is 0. The van der Waals surface area contributed by atoms with E-state index in [1.807, 2.05) is 0 Å². The minimum atomic E-state index is -2.19. The lowest BCUT2D eigenvalue weighted by molar-refractivity contribution is -0.541. The van der Waals surface area contributed by atoms with Crippen molar-refractivity contribution in [3.05, 3.63) is 49.4 Å². The summed E-state index contributed by atoms with van der Waals surface area (Å²) in [7, 11) is 0. The maximum atomic E-state index is 10.4. The number of nitro groups is 2. The van der Waals surface area contributed by atoms with E-state index in [9.17, 15) is 25.1 Å². The first kappa shape index (κ1) is 9.96. The minimum Gasteiger partial charge on any atom is -0.264 e. The Balaban J connectivity index is 2.97. The summed E-state index contributed by atoms with van der Waals surface area (Å²) in [5, 5.41) is 23.0. The molecule has 14 heavy (non-hydrogen) atoms. The molecule has 8 heteroatoms. The lowest BCUT2D eigenvalue weighted by Gasteiger charge is -2.12. The highest BCUT2D eigenvalue weighted by Crippen LogP contribution is 2.21. The standard InChI is InChI=1S/C6H5N3O5/c10-7-6(9(13)14)3-1-5(2-4-6)8(11)12/h1-5H. The van der Waals surface area contributed by atoms with Gasteiger partial charge in [0.15, 0.2) is 0 Å². The predicted molar refractivity (Wildman–Crippen MR) is 44.6 cm³/mol. The molecule has 0 aromatic heterocycles. The van der Waals surface area contributed by atoms with Gasteiger partial charge in [0.2, 0.25) is 6.04 Å². The Morgan fingerprint density at radius 3 is 2.00 bits per heavy atom. The van der Waals surface area contributed by atoms with Crippen LogP contribution < -0.4 is 0 Å². The zero-order chi connectivity index (χ0) is 10.8. The average Bonchev–Trinajstić information content (AvgIpc) is 2.17. The van der Waals surface area contributed by atoms with Gasteiger partial charge in [-0.3, -0.25) is 20.2 Å². The molecule has 1 rings (SSSR count). The van der Waals surface area contributed by atoms with E-state index >= 15 is 0 Å². The maximum Gasteiger partial charge on any atom is 0.386 e. The molecule has 0 aliphatic heterocycles. The monoisotopic (exact) mass is 199 g/mol.